The summed E-state index contributed by atoms with van der Waals surface area (Å²) in [6.07, 6.45) is 0. The van der Waals surface area contributed by atoms with E-state index < -0.39 is 15.9 Å². The van der Waals surface area contributed by atoms with Crippen molar-refractivity contribution >= 4 is 55.6 Å². The van der Waals surface area contributed by atoms with Crippen molar-refractivity contribution in [2.75, 3.05) is 11.9 Å². The summed E-state index contributed by atoms with van der Waals surface area (Å²) in [7, 11) is -3.86. The van der Waals surface area contributed by atoms with E-state index in [9.17, 15) is 13.2 Å². The minimum absolute atomic E-state index is 0.0230. The molecule has 0 saturated carbocycles. The third kappa shape index (κ3) is 5.52. The van der Waals surface area contributed by atoms with Gasteiger partial charge in [0.05, 0.1) is 10.6 Å². The maximum atomic E-state index is 12.5. The van der Waals surface area contributed by atoms with Crippen LogP contribution in [0.2, 0.25) is 10.0 Å². The smallest absolute Gasteiger partial charge is 0.269 e. The quantitative estimate of drug-likeness (QED) is 0.504. The number of aromatic nitrogens is 2. The topological polar surface area (TPSA) is 101 Å². The highest BCUT2D eigenvalue weighted by atomic mass is 35.5. The Morgan fingerprint density at radius 1 is 1.14 bits per heavy atom. The molecule has 0 bridgehead atoms. The van der Waals surface area contributed by atoms with Crippen molar-refractivity contribution in [2.45, 2.75) is 17.2 Å². The molecule has 11 heteroatoms. The molecule has 1 aromatic heterocycles. The molecule has 0 radical (unpaired) electrons. The molecule has 2 aromatic carbocycles. The SMILES string of the molecule is C[C@@H](CNS(=O)(=O)c1nnc(NC(=O)c2ccc(Cl)cc2Cl)s1)c1ccccc1. The van der Waals surface area contributed by atoms with Crippen molar-refractivity contribution in [3.63, 3.8) is 0 Å². The van der Waals surface area contributed by atoms with Crippen LogP contribution in [-0.4, -0.2) is 31.1 Å². The highest BCUT2D eigenvalue weighted by molar-refractivity contribution is 7.91. The van der Waals surface area contributed by atoms with E-state index in [1.807, 2.05) is 37.3 Å². The van der Waals surface area contributed by atoms with Crippen molar-refractivity contribution in [3.05, 3.63) is 69.7 Å². The molecule has 0 aliphatic carbocycles. The van der Waals surface area contributed by atoms with Gasteiger partial charge in [0.25, 0.3) is 15.9 Å². The van der Waals surface area contributed by atoms with Crippen molar-refractivity contribution < 1.29 is 13.2 Å². The third-order valence-corrected chi connectivity index (χ3v) is 7.16. The van der Waals surface area contributed by atoms with Crippen LogP contribution in [0.25, 0.3) is 0 Å². The first-order chi connectivity index (χ1) is 13.8. The van der Waals surface area contributed by atoms with Gasteiger partial charge in [-0.1, -0.05) is 71.8 Å². The van der Waals surface area contributed by atoms with E-state index >= 15 is 0 Å². The number of hydrogen-bond acceptors (Lipinski definition) is 6. The van der Waals surface area contributed by atoms with Crippen LogP contribution in [0.15, 0.2) is 52.9 Å². The van der Waals surface area contributed by atoms with E-state index in [4.69, 9.17) is 23.2 Å². The Kier molecular flexibility index (Phi) is 6.86. The molecule has 3 rings (SSSR count). The second-order valence-electron chi connectivity index (χ2n) is 6.12. The molecule has 0 fully saturated rings. The molecule has 152 valence electrons. The first-order valence-corrected chi connectivity index (χ1v) is 11.5. The number of rotatable bonds is 7. The van der Waals surface area contributed by atoms with E-state index in [0.29, 0.717) is 5.02 Å². The zero-order chi connectivity index (χ0) is 21.0. The molecule has 7 nitrogen and oxygen atoms in total. The number of hydrogen-bond donors (Lipinski definition) is 2. The fraction of sp³-hybridized carbons (Fsp3) is 0.167. The normalized spacial score (nSPS) is 12.5. The lowest BCUT2D eigenvalue weighted by Crippen LogP contribution is -2.27. The molecule has 0 spiro atoms. The van der Waals surface area contributed by atoms with Gasteiger partial charge in [0, 0.05) is 11.6 Å². The predicted molar refractivity (Wildman–Crippen MR) is 114 cm³/mol. The van der Waals surface area contributed by atoms with E-state index in [0.717, 1.165) is 16.9 Å². The van der Waals surface area contributed by atoms with E-state index in [1.54, 1.807) is 0 Å². The monoisotopic (exact) mass is 470 g/mol. The molecule has 1 heterocycles. The van der Waals surface area contributed by atoms with E-state index in [1.165, 1.54) is 18.2 Å². The summed E-state index contributed by atoms with van der Waals surface area (Å²) < 4.78 is 27.2. The molecule has 0 unspecified atom stereocenters. The van der Waals surface area contributed by atoms with Gasteiger partial charge in [-0.25, -0.2) is 13.1 Å². The van der Waals surface area contributed by atoms with Crippen molar-refractivity contribution in [1.82, 2.24) is 14.9 Å². The number of halogens is 2. The van der Waals surface area contributed by atoms with Gasteiger partial charge in [0.1, 0.15) is 0 Å². The van der Waals surface area contributed by atoms with Crippen molar-refractivity contribution in [2.24, 2.45) is 0 Å². The number of nitrogens with zero attached hydrogens (tertiary/aromatic N) is 2. The summed E-state index contributed by atoms with van der Waals surface area (Å²) in [5.41, 5.74) is 1.20. The molecule has 29 heavy (non-hydrogen) atoms. The third-order valence-electron chi connectivity index (χ3n) is 3.98. The van der Waals surface area contributed by atoms with E-state index in [2.05, 4.69) is 20.2 Å². The predicted octanol–water partition coefficient (Wildman–Crippen LogP) is 4.18. The molecule has 0 saturated heterocycles. The van der Waals surface area contributed by atoms with Crippen LogP contribution in [0.5, 0.6) is 0 Å². The Hall–Kier alpha value is -2.04. The standard InChI is InChI=1S/C18H16Cl2N4O3S2/c1-11(12-5-3-2-4-6-12)10-21-29(26,27)18-24-23-17(28-18)22-16(25)14-8-7-13(19)9-15(14)20/h2-9,11,21H,10H2,1H3,(H,22,23,25)/t11-/m0/s1. The first-order valence-electron chi connectivity index (χ1n) is 8.41. The van der Waals surface area contributed by atoms with Gasteiger partial charge in [-0.05, 0) is 29.7 Å². The number of sulfonamides is 1. The van der Waals surface area contributed by atoms with Gasteiger partial charge in [-0.2, -0.15) is 0 Å². The van der Waals surface area contributed by atoms with Crippen LogP contribution in [-0.2, 0) is 10.0 Å². The molecule has 1 atom stereocenters. The average Bonchev–Trinajstić information content (AvgIpc) is 3.16. The lowest BCUT2D eigenvalue weighted by atomic mass is 10.0. The van der Waals surface area contributed by atoms with Gasteiger partial charge >= 0.3 is 0 Å². The Morgan fingerprint density at radius 2 is 1.86 bits per heavy atom. The Morgan fingerprint density at radius 3 is 2.55 bits per heavy atom. The summed E-state index contributed by atoms with van der Waals surface area (Å²) in [6, 6.07) is 14.0. The van der Waals surface area contributed by atoms with E-state index in [-0.39, 0.29) is 32.5 Å². The summed E-state index contributed by atoms with van der Waals surface area (Å²) in [6.45, 7) is 2.12. The lowest BCUT2D eigenvalue weighted by molar-refractivity contribution is 0.102. The van der Waals surface area contributed by atoms with Crippen LogP contribution in [0, 0.1) is 0 Å². The maximum absolute atomic E-state index is 12.5. The van der Waals surface area contributed by atoms with Gasteiger partial charge in [-0.3, -0.25) is 10.1 Å². The molecule has 1 amide bonds. The van der Waals surface area contributed by atoms with Crippen LogP contribution in [0.1, 0.15) is 28.8 Å². The second-order valence-corrected chi connectivity index (χ2v) is 9.88. The zero-order valence-electron chi connectivity index (χ0n) is 15.1. The molecule has 0 aliphatic heterocycles. The van der Waals surface area contributed by atoms with Crippen LogP contribution in [0.3, 0.4) is 0 Å². The van der Waals surface area contributed by atoms with Gasteiger partial charge in [-0.15, -0.1) is 10.2 Å². The summed E-state index contributed by atoms with van der Waals surface area (Å²) in [4.78, 5) is 12.3. The number of carbonyl (C=O) groups is 1. The van der Waals surface area contributed by atoms with Crippen LogP contribution in [0.4, 0.5) is 5.13 Å². The lowest BCUT2D eigenvalue weighted by Gasteiger charge is -2.12. The van der Waals surface area contributed by atoms with Gasteiger partial charge < -0.3 is 0 Å². The summed E-state index contributed by atoms with van der Waals surface area (Å²) in [5.74, 6) is -0.567. The Bertz CT molecular complexity index is 1120. The first kappa shape index (κ1) is 21.7. The molecule has 0 aliphatic rings. The van der Waals surface area contributed by atoms with Crippen LogP contribution < -0.4 is 10.0 Å². The number of carbonyl (C=O) groups excluding carboxylic acids is 1. The molecule has 2 N–H and O–H groups in total. The summed E-state index contributed by atoms with van der Waals surface area (Å²) >= 11 is 12.6. The molecular formula is C18H16Cl2N4O3S2. The number of amides is 1. The highest BCUT2D eigenvalue weighted by Gasteiger charge is 2.22. The fourth-order valence-electron chi connectivity index (χ4n) is 2.40. The second kappa shape index (κ2) is 9.19. The fourth-order valence-corrected chi connectivity index (χ4v) is 4.96. The minimum atomic E-state index is -3.86. The van der Waals surface area contributed by atoms with Gasteiger partial charge in [0.15, 0.2) is 0 Å². The zero-order valence-corrected chi connectivity index (χ0v) is 18.2. The number of benzene rings is 2. The minimum Gasteiger partial charge on any atom is -0.296 e. The number of anilines is 1. The van der Waals surface area contributed by atoms with Crippen molar-refractivity contribution in [1.29, 1.82) is 0 Å². The molecule has 3 aromatic rings. The summed E-state index contributed by atoms with van der Waals surface area (Å²) in [5, 5.41) is 10.5. The van der Waals surface area contributed by atoms with Gasteiger partial charge in [0.2, 0.25) is 9.47 Å². The maximum Gasteiger partial charge on any atom is 0.269 e. The van der Waals surface area contributed by atoms with Crippen molar-refractivity contribution in [3.8, 4) is 0 Å². The Labute approximate surface area is 182 Å². The number of nitrogens with one attached hydrogen (secondary N) is 2. The van der Waals surface area contributed by atoms with Crippen LogP contribution >= 0.6 is 34.5 Å². The average molecular weight is 471 g/mol. The molecular weight excluding hydrogens is 455 g/mol. The highest BCUT2D eigenvalue weighted by Crippen LogP contribution is 2.24. The largest absolute Gasteiger partial charge is 0.296 e. The Balaban J connectivity index is 1.66.